The van der Waals surface area contributed by atoms with Gasteiger partial charge in [0.05, 0.1) is 19.2 Å². The molecule has 0 spiro atoms. The van der Waals surface area contributed by atoms with Crippen LogP contribution < -0.4 is 10.1 Å². The summed E-state index contributed by atoms with van der Waals surface area (Å²) in [6.07, 6.45) is -0.0776. The van der Waals surface area contributed by atoms with Crippen LogP contribution in [0.5, 0.6) is 5.75 Å². The van der Waals surface area contributed by atoms with E-state index in [1.807, 2.05) is 35.7 Å². The molecule has 3 rings (SSSR count). The lowest BCUT2D eigenvalue weighted by molar-refractivity contribution is -0.137. The van der Waals surface area contributed by atoms with Gasteiger partial charge in [-0.3, -0.25) is 9.59 Å². The molecule has 0 aliphatic rings. The summed E-state index contributed by atoms with van der Waals surface area (Å²) >= 11 is 1.34. The Bertz CT molecular complexity index is 939. The van der Waals surface area contributed by atoms with Crippen LogP contribution in [0, 0.1) is 0 Å². The lowest BCUT2D eigenvalue weighted by atomic mass is 9.92. The predicted molar refractivity (Wildman–Crippen MR) is 109 cm³/mol. The zero-order valence-corrected chi connectivity index (χ0v) is 16.1. The van der Waals surface area contributed by atoms with Gasteiger partial charge in [0.25, 0.3) is 0 Å². The zero-order chi connectivity index (χ0) is 19.9. The van der Waals surface area contributed by atoms with Crippen molar-refractivity contribution in [3.05, 3.63) is 65.5 Å². The van der Waals surface area contributed by atoms with E-state index in [0.717, 1.165) is 16.8 Å². The summed E-state index contributed by atoms with van der Waals surface area (Å²) in [6.45, 7) is 0. The van der Waals surface area contributed by atoms with Crippen LogP contribution in [0.3, 0.4) is 0 Å². The van der Waals surface area contributed by atoms with E-state index in [1.165, 1.54) is 11.3 Å². The fourth-order valence-electron chi connectivity index (χ4n) is 2.86. The Hall–Kier alpha value is -3.19. The van der Waals surface area contributed by atoms with Crippen LogP contribution in [0.15, 0.2) is 60.0 Å². The highest BCUT2D eigenvalue weighted by atomic mass is 32.1. The van der Waals surface area contributed by atoms with Crippen LogP contribution in [0.4, 0.5) is 5.13 Å². The molecule has 28 heavy (non-hydrogen) atoms. The number of anilines is 1. The largest absolute Gasteiger partial charge is 0.497 e. The van der Waals surface area contributed by atoms with E-state index in [0.29, 0.717) is 10.9 Å². The van der Waals surface area contributed by atoms with Crippen LogP contribution >= 0.6 is 11.3 Å². The van der Waals surface area contributed by atoms with Crippen molar-refractivity contribution in [3.63, 3.8) is 0 Å². The molecule has 1 amide bonds. The monoisotopic (exact) mass is 396 g/mol. The molecule has 1 aromatic heterocycles. The molecular weight excluding hydrogens is 376 g/mol. The molecule has 7 heteroatoms. The quantitative estimate of drug-likeness (QED) is 0.589. The van der Waals surface area contributed by atoms with Crippen LogP contribution in [-0.4, -0.2) is 29.1 Å². The van der Waals surface area contributed by atoms with Gasteiger partial charge < -0.3 is 15.2 Å². The van der Waals surface area contributed by atoms with E-state index in [4.69, 9.17) is 4.74 Å². The number of hydrogen-bond donors (Lipinski definition) is 2. The Kier molecular flexibility index (Phi) is 6.39. The second kappa shape index (κ2) is 9.14. The topological polar surface area (TPSA) is 88.5 Å². The number of nitrogens with one attached hydrogen (secondary N) is 1. The summed E-state index contributed by atoms with van der Waals surface area (Å²) in [5, 5.41) is 14.4. The first-order chi connectivity index (χ1) is 13.5. The highest BCUT2D eigenvalue weighted by Crippen LogP contribution is 2.28. The van der Waals surface area contributed by atoms with Gasteiger partial charge in [0.2, 0.25) is 5.91 Å². The molecule has 0 saturated heterocycles. The summed E-state index contributed by atoms with van der Waals surface area (Å²) in [5.41, 5.74) is 2.54. The molecule has 0 aliphatic heterocycles. The average Bonchev–Trinajstić information content (AvgIpc) is 3.16. The molecule has 3 aromatic rings. The molecule has 0 saturated carbocycles. The number of methoxy groups -OCH3 is 1. The van der Waals surface area contributed by atoms with Crippen molar-refractivity contribution in [1.29, 1.82) is 0 Å². The summed E-state index contributed by atoms with van der Waals surface area (Å²) < 4.78 is 5.13. The first kappa shape index (κ1) is 19.6. The molecule has 0 fully saturated rings. The van der Waals surface area contributed by atoms with Crippen LogP contribution in [0.1, 0.15) is 24.3 Å². The number of thiazole rings is 1. The predicted octanol–water partition coefficient (Wildman–Crippen LogP) is 4.41. The lowest BCUT2D eigenvalue weighted by Crippen LogP contribution is -2.17. The molecule has 0 bridgehead atoms. The number of aromatic nitrogens is 1. The third kappa shape index (κ3) is 5.17. The van der Waals surface area contributed by atoms with Gasteiger partial charge in [0.1, 0.15) is 5.75 Å². The van der Waals surface area contributed by atoms with Gasteiger partial charge in [-0.2, -0.15) is 0 Å². The van der Waals surface area contributed by atoms with Gasteiger partial charge >= 0.3 is 5.97 Å². The molecule has 2 N–H and O–H groups in total. The van der Waals surface area contributed by atoms with Crippen LogP contribution in [0.2, 0.25) is 0 Å². The summed E-state index contributed by atoms with van der Waals surface area (Å²) in [5.74, 6) is -0.972. The van der Waals surface area contributed by atoms with Crippen molar-refractivity contribution in [2.45, 2.75) is 18.8 Å². The molecular formula is C21H20N2O4S. The molecule has 0 aliphatic carbocycles. The first-order valence-electron chi connectivity index (χ1n) is 8.71. The van der Waals surface area contributed by atoms with Gasteiger partial charge in [-0.1, -0.05) is 42.5 Å². The highest BCUT2D eigenvalue weighted by molar-refractivity contribution is 7.14. The molecule has 1 unspecified atom stereocenters. The third-order valence-corrected chi connectivity index (χ3v) is 5.02. The minimum atomic E-state index is -0.950. The Morgan fingerprint density at radius 3 is 2.46 bits per heavy atom. The fraction of sp³-hybridized carbons (Fsp3) is 0.190. The number of nitrogens with zero attached hydrogens (tertiary/aromatic N) is 1. The van der Waals surface area contributed by atoms with E-state index in [-0.39, 0.29) is 18.7 Å². The molecule has 0 radical (unpaired) electrons. The van der Waals surface area contributed by atoms with Crippen molar-refractivity contribution in [1.82, 2.24) is 4.98 Å². The summed E-state index contributed by atoms with van der Waals surface area (Å²) in [6, 6.07) is 16.8. The van der Waals surface area contributed by atoms with Gasteiger partial charge in [0, 0.05) is 23.3 Å². The van der Waals surface area contributed by atoms with E-state index in [1.54, 1.807) is 31.4 Å². The van der Waals surface area contributed by atoms with Crippen molar-refractivity contribution < 1.29 is 19.4 Å². The van der Waals surface area contributed by atoms with Crippen molar-refractivity contribution in [2.75, 3.05) is 12.4 Å². The lowest BCUT2D eigenvalue weighted by Gasteiger charge is -2.15. The number of ether oxygens (including phenoxy) is 1. The van der Waals surface area contributed by atoms with E-state index in [2.05, 4.69) is 10.3 Å². The van der Waals surface area contributed by atoms with Crippen LogP contribution in [-0.2, 0) is 9.59 Å². The molecule has 6 nitrogen and oxygen atoms in total. The maximum absolute atomic E-state index is 12.5. The minimum Gasteiger partial charge on any atom is -0.497 e. The summed E-state index contributed by atoms with van der Waals surface area (Å²) in [4.78, 5) is 28.2. The number of carboxylic acid groups (broad SMARTS) is 1. The van der Waals surface area contributed by atoms with Gasteiger partial charge in [-0.15, -0.1) is 11.3 Å². The molecule has 2 aromatic carbocycles. The normalized spacial score (nSPS) is 11.6. The second-order valence-corrected chi connectivity index (χ2v) is 7.08. The Labute approximate surface area is 166 Å². The number of amides is 1. The number of hydrogen-bond acceptors (Lipinski definition) is 5. The number of carbonyl (C=O) groups is 2. The first-order valence-corrected chi connectivity index (χ1v) is 9.59. The maximum Gasteiger partial charge on any atom is 0.303 e. The Morgan fingerprint density at radius 2 is 1.82 bits per heavy atom. The van der Waals surface area contributed by atoms with Crippen molar-refractivity contribution >= 4 is 28.3 Å². The van der Waals surface area contributed by atoms with E-state index >= 15 is 0 Å². The zero-order valence-electron chi connectivity index (χ0n) is 15.3. The fourth-order valence-corrected chi connectivity index (χ4v) is 3.60. The number of rotatable bonds is 8. The third-order valence-electron chi connectivity index (χ3n) is 4.26. The van der Waals surface area contributed by atoms with Gasteiger partial charge in [0.15, 0.2) is 5.13 Å². The number of benzene rings is 2. The second-order valence-electron chi connectivity index (χ2n) is 6.22. The van der Waals surface area contributed by atoms with Crippen molar-refractivity contribution in [2.24, 2.45) is 0 Å². The SMILES string of the molecule is COc1ccc(C(CC(=O)O)CC(=O)Nc2nc(-c3ccccc3)cs2)cc1. The molecule has 144 valence electrons. The average molecular weight is 396 g/mol. The van der Waals surface area contributed by atoms with Crippen LogP contribution in [0.25, 0.3) is 11.3 Å². The maximum atomic E-state index is 12.5. The van der Waals surface area contributed by atoms with Crippen molar-refractivity contribution in [3.8, 4) is 17.0 Å². The number of carboxylic acids is 1. The van der Waals surface area contributed by atoms with E-state index < -0.39 is 11.9 Å². The van der Waals surface area contributed by atoms with Gasteiger partial charge in [-0.05, 0) is 17.7 Å². The molecule has 1 heterocycles. The number of carbonyl (C=O) groups excluding carboxylic acids is 1. The van der Waals surface area contributed by atoms with E-state index in [9.17, 15) is 14.7 Å². The Balaban J connectivity index is 1.68. The standard InChI is InChI=1S/C21H20N2O4S/c1-27-17-9-7-14(8-10-17)16(12-20(25)26)11-19(24)23-21-22-18(13-28-21)15-5-3-2-4-6-15/h2-10,13,16H,11-12H2,1H3,(H,25,26)(H,22,23,24). The minimum absolute atomic E-state index is 0.0544. The van der Waals surface area contributed by atoms with Gasteiger partial charge in [-0.25, -0.2) is 4.98 Å². The molecule has 1 atom stereocenters. The smallest absolute Gasteiger partial charge is 0.303 e. The summed E-state index contributed by atoms with van der Waals surface area (Å²) in [7, 11) is 1.56. The number of aliphatic carboxylic acids is 1. The Morgan fingerprint density at radius 1 is 1.11 bits per heavy atom. The highest BCUT2D eigenvalue weighted by Gasteiger charge is 2.20.